The summed E-state index contributed by atoms with van der Waals surface area (Å²) in [6.07, 6.45) is -0.657. The Morgan fingerprint density at radius 2 is 1.50 bits per heavy atom. The molecule has 0 aromatic heterocycles. The number of methoxy groups -OCH3 is 2. The van der Waals surface area contributed by atoms with Gasteiger partial charge in [0.15, 0.2) is 0 Å². The number of carbonyl (C=O) groups excluding carboxylic acids is 1. The third-order valence-electron chi connectivity index (χ3n) is 0.433. The summed E-state index contributed by atoms with van der Waals surface area (Å²) in [6.45, 7) is -0.250. The van der Waals surface area contributed by atoms with Crippen LogP contribution in [-0.4, -0.2) is 43.8 Å². The summed E-state index contributed by atoms with van der Waals surface area (Å²) in [7, 11) is 2.51. The molecule has 10 heavy (non-hydrogen) atoms. The molecule has 5 heteroatoms. The van der Waals surface area contributed by atoms with Gasteiger partial charge in [-0.2, -0.15) is 0 Å². The summed E-state index contributed by atoms with van der Waals surface area (Å²) < 4.78 is 8.08. The summed E-state index contributed by atoms with van der Waals surface area (Å²) in [6, 6.07) is 0. The van der Waals surface area contributed by atoms with Gasteiger partial charge >= 0.3 is 6.16 Å². The van der Waals surface area contributed by atoms with Gasteiger partial charge < -0.3 is 19.7 Å². The Balaban J connectivity index is 0. The Kier molecular flexibility index (Phi) is 13.2. The van der Waals surface area contributed by atoms with E-state index in [0.29, 0.717) is 0 Å². The molecule has 62 valence electrons. The second-order valence-electron chi connectivity index (χ2n) is 1.11. The molecule has 0 spiro atoms. The van der Waals surface area contributed by atoms with Crippen molar-refractivity contribution in [3.63, 3.8) is 0 Å². The maximum Gasteiger partial charge on any atom is 0.507 e. The molecule has 0 bridgehead atoms. The summed E-state index contributed by atoms with van der Waals surface area (Å²) >= 11 is 0. The van der Waals surface area contributed by atoms with Gasteiger partial charge in [-0.1, -0.05) is 0 Å². The standard InChI is InChI=1S/C3H6O3.C2H6O2/c1-5-3(4)6-2;3-1-2-4/h1-2H3;3-4H,1-2H2. The molecule has 0 saturated heterocycles. The molecule has 0 atom stereocenters. The molecule has 0 aliphatic heterocycles. The van der Waals surface area contributed by atoms with Crippen LogP contribution < -0.4 is 0 Å². The van der Waals surface area contributed by atoms with Crippen molar-refractivity contribution < 1.29 is 24.5 Å². The van der Waals surface area contributed by atoms with Crippen LogP contribution in [0.1, 0.15) is 0 Å². The zero-order chi connectivity index (χ0) is 8.41. The van der Waals surface area contributed by atoms with Crippen LogP contribution in [0.15, 0.2) is 0 Å². The quantitative estimate of drug-likeness (QED) is 0.489. The maximum absolute atomic E-state index is 9.74. The Hall–Kier alpha value is -0.810. The molecule has 0 saturated carbocycles. The first kappa shape index (κ1) is 11.9. The first-order valence-corrected chi connectivity index (χ1v) is 2.56. The topological polar surface area (TPSA) is 76.0 Å². The van der Waals surface area contributed by atoms with Crippen LogP contribution in [0.25, 0.3) is 0 Å². The van der Waals surface area contributed by atoms with Gasteiger partial charge in [0.2, 0.25) is 0 Å². The molecule has 0 aromatic rings. The largest absolute Gasteiger partial charge is 0.507 e. The molecule has 2 N–H and O–H groups in total. The van der Waals surface area contributed by atoms with E-state index < -0.39 is 6.16 Å². The average molecular weight is 152 g/mol. The predicted molar refractivity (Wildman–Crippen MR) is 33.6 cm³/mol. The van der Waals surface area contributed by atoms with Gasteiger partial charge in [0.05, 0.1) is 27.4 Å². The molecule has 0 unspecified atom stereocenters. The van der Waals surface area contributed by atoms with Gasteiger partial charge in [0.1, 0.15) is 0 Å². The molecule has 0 aromatic carbocycles. The Morgan fingerprint density at radius 3 is 1.50 bits per heavy atom. The fourth-order valence-electron chi connectivity index (χ4n) is 0.0833. The minimum absolute atomic E-state index is 0.125. The van der Waals surface area contributed by atoms with E-state index in [9.17, 15) is 4.79 Å². The number of aliphatic hydroxyl groups is 2. The van der Waals surface area contributed by atoms with E-state index in [4.69, 9.17) is 10.2 Å². The highest BCUT2D eigenvalue weighted by atomic mass is 16.7. The Bertz CT molecular complexity index is 64.4. The van der Waals surface area contributed by atoms with Crippen LogP contribution in [-0.2, 0) is 9.47 Å². The van der Waals surface area contributed by atoms with Gasteiger partial charge in [-0.15, -0.1) is 0 Å². The Morgan fingerprint density at radius 1 is 1.20 bits per heavy atom. The van der Waals surface area contributed by atoms with Gasteiger partial charge in [-0.05, 0) is 0 Å². The lowest BCUT2D eigenvalue weighted by molar-refractivity contribution is 0.0924. The normalized spacial score (nSPS) is 7.20. The van der Waals surface area contributed by atoms with Crippen molar-refractivity contribution in [2.75, 3.05) is 27.4 Å². The first-order chi connectivity index (χ1) is 4.72. The highest BCUT2D eigenvalue weighted by molar-refractivity contribution is 5.59. The summed E-state index contributed by atoms with van der Waals surface area (Å²) in [4.78, 5) is 9.74. The van der Waals surface area contributed by atoms with Gasteiger partial charge in [0.25, 0.3) is 0 Å². The molecule has 0 heterocycles. The monoisotopic (exact) mass is 152 g/mol. The molecule has 0 amide bonds. The second kappa shape index (κ2) is 11.0. The summed E-state index contributed by atoms with van der Waals surface area (Å²) in [5, 5.41) is 15.2. The maximum atomic E-state index is 9.74. The smallest absolute Gasteiger partial charge is 0.438 e. The van der Waals surface area contributed by atoms with Gasteiger partial charge in [0, 0.05) is 0 Å². The Labute approximate surface area is 59.2 Å². The van der Waals surface area contributed by atoms with E-state index in [1.807, 2.05) is 0 Å². The minimum Gasteiger partial charge on any atom is -0.438 e. The number of aliphatic hydroxyl groups excluding tert-OH is 2. The van der Waals surface area contributed by atoms with Gasteiger partial charge in [-0.25, -0.2) is 4.79 Å². The van der Waals surface area contributed by atoms with Crippen molar-refractivity contribution in [1.82, 2.24) is 0 Å². The lowest BCUT2D eigenvalue weighted by Gasteiger charge is -1.89. The van der Waals surface area contributed by atoms with Crippen molar-refractivity contribution in [3.8, 4) is 0 Å². The van der Waals surface area contributed by atoms with E-state index in [-0.39, 0.29) is 13.2 Å². The fourth-order valence-corrected chi connectivity index (χ4v) is 0.0833. The van der Waals surface area contributed by atoms with E-state index in [0.717, 1.165) is 0 Å². The highest BCUT2D eigenvalue weighted by Gasteiger charge is 1.88. The van der Waals surface area contributed by atoms with E-state index in [2.05, 4.69) is 9.47 Å². The predicted octanol–water partition coefficient (Wildman–Crippen LogP) is -0.630. The number of rotatable bonds is 1. The molecular formula is C5H12O5. The van der Waals surface area contributed by atoms with Crippen LogP contribution in [0.4, 0.5) is 4.79 Å². The lowest BCUT2D eigenvalue weighted by Crippen LogP contribution is -1.97. The third kappa shape index (κ3) is 15.7. The number of hydrogen-bond acceptors (Lipinski definition) is 5. The molecular weight excluding hydrogens is 140 g/mol. The van der Waals surface area contributed by atoms with Crippen molar-refractivity contribution >= 4 is 6.16 Å². The van der Waals surface area contributed by atoms with E-state index in [1.54, 1.807) is 0 Å². The molecule has 5 nitrogen and oxygen atoms in total. The van der Waals surface area contributed by atoms with E-state index in [1.165, 1.54) is 14.2 Å². The summed E-state index contributed by atoms with van der Waals surface area (Å²) in [5.74, 6) is 0. The van der Waals surface area contributed by atoms with Crippen LogP contribution in [0.2, 0.25) is 0 Å². The third-order valence-corrected chi connectivity index (χ3v) is 0.433. The van der Waals surface area contributed by atoms with Crippen molar-refractivity contribution in [2.45, 2.75) is 0 Å². The highest BCUT2D eigenvalue weighted by Crippen LogP contribution is 1.72. The van der Waals surface area contributed by atoms with Crippen LogP contribution in [0, 0.1) is 0 Å². The van der Waals surface area contributed by atoms with Crippen LogP contribution in [0.5, 0.6) is 0 Å². The number of ether oxygens (including phenoxy) is 2. The molecule has 0 aliphatic carbocycles. The van der Waals surface area contributed by atoms with Crippen LogP contribution >= 0.6 is 0 Å². The summed E-state index contributed by atoms with van der Waals surface area (Å²) in [5.41, 5.74) is 0. The molecule has 0 aliphatic rings. The molecule has 0 fully saturated rings. The lowest BCUT2D eigenvalue weighted by atomic mass is 10.8. The van der Waals surface area contributed by atoms with Gasteiger partial charge in [-0.3, -0.25) is 0 Å². The SMILES string of the molecule is COC(=O)OC.OCCO. The first-order valence-electron chi connectivity index (χ1n) is 2.56. The van der Waals surface area contributed by atoms with Crippen molar-refractivity contribution in [3.05, 3.63) is 0 Å². The van der Waals surface area contributed by atoms with E-state index >= 15 is 0 Å². The molecule has 0 radical (unpaired) electrons. The fraction of sp³-hybridized carbons (Fsp3) is 0.800. The van der Waals surface area contributed by atoms with Crippen LogP contribution in [0.3, 0.4) is 0 Å². The zero-order valence-electron chi connectivity index (χ0n) is 6.03. The molecule has 0 rings (SSSR count). The number of hydrogen-bond donors (Lipinski definition) is 2. The number of carbonyl (C=O) groups is 1. The van der Waals surface area contributed by atoms with Crippen molar-refractivity contribution in [1.29, 1.82) is 0 Å². The minimum atomic E-state index is -0.657. The second-order valence-corrected chi connectivity index (χ2v) is 1.11. The average Bonchev–Trinajstić information content (AvgIpc) is 2.03. The zero-order valence-corrected chi connectivity index (χ0v) is 6.03. The van der Waals surface area contributed by atoms with Crippen molar-refractivity contribution in [2.24, 2.45) is 0 Å².